The summed E-state index contributed by atoms with van der Waals surface area (Å²) in [6.45, 7) is 7.30. The van der Waals surface area contributed by atoms with E-state index in [0.717, 1.165) is 47.9 Å². The highest BCUT2D eigenvalue weighted by molar-refractivity contribution is 5.79. The molecule has 0 atom stereocenters. The molecule has 1 fully saturated rings. The normalized spacial score (nSPS) is 19.1. The van der Waals surface area contributed by atoms with Crippen LogP contribution in [0.5, 0.6) is 0 Å². The SMILES string of the molecule is CC(C)(C)OC(=O)NCc1ccc2c(c1)CN(C(=O)[C@H]1CC[C@H](NC(=O)OCc3ccccc3)CC1)C2. The lowest BCUT2D eigenvalue weighted by Gasteiger charge is -2.30. The van der Waals surface area contributed by atoms with Crippen LogP contribution >= 0.6 is 0 Å². The Balaban J connectivity index is 1.20. The van der Waals surface area contributed by atoms with Crippen LogP contribution in [0.2, 0.25) is 0 Å². The van der Waals surface area contributed by atoms with Gasteiger partial charge in [0.15, 0.2) is 0 Å². The van der Waals surface area contributed by atoms with E-state index < -0.39 is 17.8 Å². The Morgan fingerprint density at radius 1 is 0.892 bits per heavy atom. The molecule has 2 aromatic carbocycles. The van der Waals surface area contributed by atoms with Crippen molar-refractivity contribution in [2.24, 2.45) is 5.92 Å². The van der Waals surface area contributed by atoms with Crippen molar-refractivity contribution in [3.05, 3.63) is 70.8 Å². The Kier molecular flexibility index (Phi) is 8.36. The lowest BCUT2D eigenvalue weighted by atomic mass is 9.85. The number of alkyl carbamates (subject to hydrolysis) is 2. The molecular formula is C29H37N3O5. The van der Waals surface area contributed by atoms with Crippen molar-refractivity contribution < 1.29 is 23.9 Å². The number of carbonyl (C=O) groups excluding carboxylic acids is 3. The first-order chi connectivity index (χ1) is 17.7. The third kappa shape index (κ3) is 7.71. The zero-order chi connectivity index (χ0) is 26.4. The summed E-state index contributed by atoms with van der Waals surface area (Å²) >= 11 is 0. The number of rotatable bonds is 6. The summed E-state index contributed by atoms with van der Waals surface area (Å²) in [5.74, 6) is 0.149. The predicted molar refractivity (Wildman–Crippen MR) is 139 cm³/mol. The minimum Gasteiger partial charge on any atom is -0.445 e. The molecule has 0 unspecified atom stereocenters. The molecule has 2 aliphatic rings. The van der Waals surface area contributed by atoms with Crippen LogP contribution in [0, 0.1) is 5.92 Å². The van der Waals surface area contributed by atoms with Gasteiger partial charge in [0.2, 0.25) is 5.91 Å². The van der Waals surface area contributed by atoms with Gasteiger partial charge >= 0.3 is 12.2 Å². The van der Waals surface area contributed by atoms with Gasteiger partial charge in [0.1, 0.15) is 12.2 Å². The van der Waals surface area contributed by atoms with E-state index in [0.29, 0.717) is 19.6 Å². The van der Waals surface area contributed by atoms with Gasteiger partial charge in [-0.2, -0.15) is 0 Å². The summed E-state index contributed by atoms with van der Waals surface area (Å²) in [5.41, 5.74) is 3.65. The summed E-state index contributed by atoms with van der Waals surface area (Å²) < 4.78 is 10.6. The van der Waals surface area contributed by atoms with Gasteiger partial charge in [-0.15, -0.1) is 0 Å². The highest BCUT2D eigenvalue weighted by atomic mass is 16.6. The molecule has 0 spiro atoms. The first kappa shape index (κ1) is 26.5. The van der Waals surface area contributed by atoms with E-state index in [9.17, 15) is 14.4 Å². The number of fused-ring (bicyclic) bond motifs is 1. The summed E-state index contributed by atoms with van der Waals surface area (Å²) in [7, 11) is 0. The second kappa shape index (κ2) is 11.7. The molecule has 198 valence electrons. The highest BCUT2D eigenvalue weighted by Crippen LogP contribution is 2.31. The fourth-order valence-corrected chi connectivity index (χ4v) is 4.88. The predicted octanol–water partition coefficient (Wildman–Crippen LogP) is 5.04. The molecule has 3 amide bonds. The largest absolute Gasteiger partial charge is 0.445 e. The van der Waals surface area contributed by atoms with Gasteiger partial charge in [-0.25, -0.2) is 9.59 Å². The fourth-order valence-electron chi connectivity index (χ4n) is 4.88. The molecule has 0 saturated heterocycles. The van der Waals surface area contributed by atoms with Crippen molar-refractivity contribution in [1.82, 2.24) is 15.5 Å². The van der Waals surface area contributed by atoms with E-state index in [4.69, 9.17) is 9.47 Å². The molecule has 8 nitrogen and oxygen atoms in total. The highest BCUT2D eigenvalue weighted by Gasteiger charge is 2.33. The van der Waals surface area contributed by atoms with Crippen LogP contribution in [0.3, 0.4) is 0 Å². The summed E-state index contributed by atoms with van der Waals surface area (Å²) in [6, 6.07) is 15.7. The third-order valence-corrected chi connectivity index (χ3v) is 6.75. The first-order valence-corrected chi connectivity index (χ1v) is 13.0. The number of hydrogen-bond donors (Lipinski definition) is 2. The molecular weight excluding hydrogens is 470 g/mol. The standard InChI is InChI=1S/C29H37N3O5/c1-29(2,3)37-27(34)30-16-21-9-10-23-17-32(18-24(23)15-21)26(33)22-11-13-25(14-12-22)31-28(35)36-19-20-7-5-4-6-8-20/h4-10,15,22,25H,11-14,16-19H2,1-3H3,(H,30,34)(H,31,35)/t22-,25-. The van der Waals surface area contributed by atoms with Gasteiger partial charge in [0.25, 0.3) is 0 Å². The van der Waals surface area contributed by atoms with Crippen molar-refractivity contribution in [3.8, 4) is 0 Å². The maximum absolute atomic E-state index is 13.2. The molecule has 2 aromatic rings. The molecule has 0 aromatic heterocycles. The first-order valence-electron chi connectivity index (χ1n) is 13.0. The molecule has 4 rings (SSSR count). The van der Waals surface area contributed by atoms with E-state index in [1.54, 1.807) is 0 Å². The van der Waals surface area contributed by atoms with Gasteiger partial charge in [0, 0.05) is 31.6 Å². The van der Waals surface area contributed by atoms with E-state index in [-0.39, 0.29) is 24.5 Å². The third-order valence-electron chi connectivity index (χ3n) is 6.75. The average Bonchev–Trinajstić information content (AvgIpc) is 3.29. The van der Waals surface area contributed by atoms with Gasteiger partial charge in [-0.3, -0.25) is 4.79 Å². The molecule has 0 bridgehead atoms. The summed E-state index contributed by atoms with van der Waals surface area (Å²) in [6.07, 6.45) is 2.17. The Bertz CT molecular complexity index is 1100. The monoisotopic (exact) mass is 507 g/mol. The lowest BCUT2D eigenvalue weighted by molar-refractivity contribution is -0.137. The Labute approximate surface area is 218 Å². The fraction of sp³-hybridized carbons (Fsp3) is 0.483. The zero-order valence-electron chi connectivity index (χ0n) is 21.9. The minimum atomic E-state index is -0.538. The topological polar surface area (TPSA) is 97.0 Å². The number of carbonyl (C=O) groups is 3. The van der Waals surface area contributed by atoms with Crippen LogP contribution in [0.1, 0.15) is 68.7 Å². The van der Waals surface area contributed by atoms with Gasteiger partial charge < -0.3 is 25.0 Å². The number of ether oxygens (including phenoxy) is 2. The molecule has 1 heterocycles. The maximum atomic E-state index is 13.2. The smallest absolute Gasteiger partial charge is 0.407 e. The van der Waals surface area contributed by atoms with Crippen LogP contribution in [0.15, 0.2) is 48.5 Å². The van der Waals surface area contributed by atoms with Crippen molar-refractivity contribution in [2.45, 2.75) is 84.3 Å². The van der Waals surface area contributed by atoms with Crippen molar-refractivity contribution >= 4 is 18.1 Å². The number of nitrogens with one attached hydrogen (secondary N) is 2. The average molecular weight is 508 g/mol. The van der Waals surface area contributed by atoms with Gasteiger partial charge in [-0.1, -0.05) is 48.5 Å². The maximum Gasteiger partial charge on any atom is 0.407 e. The van der Waals surface area contributed by atoms with Gasteiger partial charge in [-0.05, 0) is 68.7 Å². The van der Waals surface area contributed by atoms with Crippen LogP contribution in [0.4, 0.5) is 9.59 Å². The van der Waals surface area contributed by atoms with Gasteiger partial charge in [0.05, 0.1) is 0 Å². The number of nitrogens with zero attached hydrogens (tertiary/aromatic N) is 1. The molecule has 1 aliphatic heterocycles. The molecule has 2 N–H and O–H groups in total. The number of amides is 3. The van der Waals surface area contributed by atoms with Crippen LogP contribution in [-0.2, 0) is 40.5 Å². The summed E-state index contributed by atoms with van der Waals surface area (Å²) in [5, 5.41) is 5.73. The number of benzene rings is 2. The van der Waals surface area contributed by atoms with Crippen molar-refractivity contribution in [1.29, 1.82) is 0 Å². The summed E-state index contributed by atoms with van der Waals surface area (Å²) in [4.78, 5) is 39.3. The Hall–Kier alpha value is -3.55. The van der Waals surface area contributed by atoms with Crippen LogP contribution < -0.4 is 10.6 Å². The van der Waals surface area contributed by atoms with Crippen molar-refractivity contribution in [3.63, 3.8) is 0 Å². The second-order valence-electron chi connectivity index (χ2n) is 10.9. The van der Waals surface area contributed by atoms with Crippen molar-refractivity contribution in [2.75, 3.05) is 0 Å². The lowest BCUT2D eigenvalue weighted by Crippen LogP contribution is -2.41. The second-order valence-corrected chi connectivity index (χ2v) is 10.9. The van der Waals surface area contributed by atoms with E-state index in [1.165, 1.54) is 0 Å². The number of hydrogen-bond acceptors (Lipinski definition) is 5. The zero-order valence-corrected chi connectivity index (χ0v) is 21.9. The Morgan fingerprint density at radius 3 is 2.30 bits per heavy atom. The van der Waals surface area contributed by atoms with E-state index in [1.807, 2.05) is 68.1 Å². The minimum absolute atomic E-state index is 0.0268. The van der Waals surface area contributed by atoms with Crippen LogP contribution in [-0.4, -0.2) is 34.6 Å². The van der Waals surface area contributed by atoms with E-state index in [2.05, 4.69) is 16.7 Å². The molecule has 37 heavy (non-hydrogen) atoms. The molecule has 1 aliphatic carbocycles. The Morgan fingerprint density at radius 2 is 1.59 bits per heavy atom. The molecule has 8 heteroatoms. The molecule has 1 saturated carbocycles. The quantitative estimate of drug-likeness (QED) is 0.571. The molecule has 0 radical (unpaired) electrons. The van der Waals surface area contributed by atoms with Crippen LogP contribution in [0.25, 0.3) is 0 Å². The van der Waals surface area contributed by atoms with E-state index >= 15 is 0 Å².